The van der Waals surface area contributed by atoms with Crippen molar-refractivity contribution in [2.45, 2.75) is 6.92 Å². The smallest absolute Gasteiger partial charge is 0.252 e. The van der Waals surface area contributed by atoms with Crippen molar-refractivity contribution in [1.82, 2.24) is 14.8 Å². The van der Waals surface area contributed by atoms with Gasteiger partial charge in [0.2, 0.25) is 0 Å². The van der Waals surface area contributed by atoms with Crippen LogP contribution in [0.3, 0.4) is 0 Å². The molecule has 0 aliphatic rings. The SMILES string of the molecule is Cc1ccnc(-n2cc(Cl)c(N)n2)c1C(N)=O. The largest absolute Gasteiger partial charge is 0.381 e. The zero-order valence-electron chi connectivity index (χ0n) is 9.01. The third-order valence-electron chi connectivity index (χ3n) is 2.30. The zero-order chi connectivity index (χ0) is 12.6. The van der Waals surface area contributed by atoms with Gasteiger partial charge in [-0.15, -0.1) is 5.10 Å². The Bertz CT molecular complexity index is 573. The van der Waals surface area contributed by atoms with Gasteiger partial charge in [0.15, 0.2) is 11.6 Å². The van der Waals surface area contributed by atoms with Crippen molar-refractivity contribution in [1.29, 1.82) is 0 Å². The highest BCUT2D eigenvalue weighted by Gasteiger charge is 2.16. The molecule has 0 saturated carbocycles. The number of nitrogens with zero attached hydrogens (tertiary/aromatic N) is 3. The number of anilines is 1. The van der Waals surface area contributed by atoms with Crippen LogP contribution >= 0.6 is 11.6 Å². The van der Waals surface area contributed by atoms with Crippen LogP contribution in [0.25, 0.3) is 5.82 Å². The van der Waals surface area contributed by atoms with E-state index in [9.17, 15) is 4.79 Å². The lowest BCUT2D eigenvalue weighted by molar-refractivity contribution is 0.0999. The summed E-state index contributed by atoms with van der Waals surface area (Å²) < 4.78 is 1.34. The molecular formula is C10H10ClN5O. The fourth-order valence-corrected chi connectivity index (χ4v) is 1.63. The second kappa shape index (κ2) is 4.06. The van der Waals surface area contributed by atoms with Crippen LogP contribution in [-0.2, 0) is 0 Å². The summed E-state index contributed by atoms with van der Waals surface area (Å²) in [5.74, 6) is -0.0858. The third kappa shape index (κ3) is 1.94. The molecule has 0 saturated heterocycles. The minimum atomic E-state index is -0.573. The van der Waals surface area contributed by atoms with Crippen LogP contribution in [-0.4, -0.2) is 20.7 Å². The topological polar surface area (TPSA) is 99.8 Å². The zero-order valence-corrected chi connectivity index (χ0v) is 9.77. The first-order valence-corrected chi connectivity index (χ1v) is 5.15. The van der Waals surface area contributed by atoms with Crippen molar-refractivity contribution in [3.8, 4) is 5.82 Å². The normalized spacial score (nSPS) is 10.5. The Morgan fingerprint density at radius 3 is 2.76 bits per heavy atom. The minimum Gasteiger partial charge on any atom is -0.381 e. The van der Waals surface area contributed by atoms with E-state index in [1.54, 1.807) is 19.2 Å². The second-order valence-corrected chi connectivity index (χ2v) is 3.90. The van der Waals surface area contributed by atoms with Gasteiger partial charge >= 0.3 is 0 Å². The summed E-state index contributed by atoms with van der Waals surface area (Å²) in [5, 5.41) is 4.25. The number of aryl methyl sites for hydroxylation is 1. The molecule has 0 aliphatic carbocycles. The number of nitrogens with two attached hydrogens (primary N) is 2. The number of aromatic nitrogens is 3. The standard InChI is InChI=1S/C10H10ClN5O/c1-5-2-3-14-10(7(5)9(13)17)16-4-6(11)8(12)15-16/h2-4H,1H3,(H2,12,15)(H2,13,17). The number of hydrogen-bond donors (Lipinski definition) is 2. The van der Waals surface area contributed by atoms with E-state index in [0.717, 1.165) is 0 Å². The maximum Gasteiger partial charge on any atom is 0.252 e. The van der Waals surface area contributed by atoms with E-state index in [0.29, 0.717) is 22.0 Å². The average molecular weight is 252 g/mol. The Kier molecular flexibility index (Phi) is 2.72. The average Bonchev–Trinajstić information content (AvgIpc) is 2.58. The molecule has 2 heterocycles. The Balaban J connectivity index is 2.67. The summed E-state index contributed by atoms with van der Waals surface area (Å²) in [6.45, 7) is 1.76. The molecule has 0 bridgehead atoms. The van der Waals surface area contributed by atoms with E-state index in [4.69, 9.17) is 23.1 Å². The van der Waals surface area contributed by atoms with Crippen LogP contribution in [0.15, 0.2) is 18.5 Å². The van der Waals surface area contributed by atoms with Crippen molar-refractivity contribution in [2.75, 3.05) is 5.73 Å². The van der Waals surface area contributed by atoms with E-state index in [-0.39, 0.29) is 5.82 Å². The van der Waals surface area contributed by atoms with Crippen LogP contribution in [0.1, 0.15) is 15.9 Å². The molecular weight excluding hydrogens is 242 g/mol. The van der Waals surface area contributed by atoms with Crippen molar-refractivity contribution >= 4 is 23.3 Å². The highest BCUT2D eigenvalue weighted by molar-refractivity contribution is 6.32. The first-order chi connectivity index (χ1) is 8.00. The number of rotatable bonds is 2. The van der Waals surface area contributed by atoms with Crippen LogP contribution in [0.2, 0.25) is 5.02 Å². The van der Waals surface area contributed by atoms with Crippen LogP contribution < -0.4 is 11.5 Å². The van der Waals surface area contributed by atoms with Gasteiger partial charge in [-0.25, -0.2) is 9.67 Å². The quantitative estimate of drug-likeness (QED) is 0.828. The first-order valence-electron chi connectivity index (χ1n) is 4.77. The van der Waals surface area contributed by atoms with Crippen LogP contribution in [0, 0.1) is 6.92 Å². The molecule has 0 radical (unpaired) electrons. The summed E-state index contributed by atoms with van der Waals surface area (Å²) in [6, 6.07) is 1.69. The molecule has 1 amide bonds. The highest BCUT2D eigenvalue weighted by Crippen LogP contribution is 2.20. The molecule has 6 nitrogen and oxygen atoms in total. The van der Waals surface area contributed by atoms with E-state index in [1.165, 1.54) is 10.9 Å². The van der Waals surface area contributed by atoms with Gasteiger partial charge in [0, 0.05) is 6.20 Å². The summed E-state index contributed by atoms with van der Waals surface area (Å²) in [6.07, 6.45) is 3.04. The van der Waals surface area contributed by atoms with Crippen LogP contribution in [0.4, 0.5) is 5.82 Å². The Labute approximate surface area is 102 Å². The van der Waals surface area contributed by atoms with Crippen molar-refractivity contribution in [3.05, 3.63) is 34.6 Å². The third-order valence-corrected chi connectivity index (χ3v) is 2.59. The number of carbonyl (C=O) groups excluding carboxylic acids is 1. The Morgan fingerprint density at radius 1 is 1.53 bits per heavy atom. The van der Waals surface area contributed by atoms with Gasteiger partial charge in [-0.3, -0.25) is 4.79 Å². The molecule has 0 unspecified atom stereocenters. The van der Waals surface area contributed by atoms with Gasteiger partial charge in [0.1, 0.15) is 5.02 Å². The summed E-state index contributed by atoms with van der Waals surface area (Å²) in [4.78, 5) is 15.5. The summed E-state index contributed by atoms with van der Waals surface area (Å²) in [7, 11) is 0. The molecule has 2 rings (SSSR count). The maximum absolute atomic E-state index is 11.4. The molecule has 7 heteroatoms. The fraction of sp³-hybridized carbons (Fsp3) is 0.100. The van der Waals surface area contributed by atoms with Gasteiger partial charge < -0.3 is 11.5 Å². The molecule has 4 N–H and O–H groups in total. The van der Waals surface area contributed by atoms with Gasteiger partial charge in [-0.2, -0.15) is 0 Å². The summed E-state index contributed by atoms with van der Waals surface area (Å²) >= 11 is 5.80. The highest BCUT2D eigenvalue weighted by atomic mass is 35.5. The minimum absolute atomic E-state index is 0.172. The number of primary amides is 1. The number of amides is 1. The van der Waals surface area contributed by atoms with Gasteiger partial charge in [-0.1, -0.05) is 11.6 Å². The lowest BCUT2D eigenvalue weighted by Crippen LogP contribution is -2.17. The molecule has 0 aliphatic heterocycles. The molecule has 0 atom stereocenters. The number of halogens is 1. The van der Waals surface area contributed by atoms with E-state index in [1.807, 2.05) is 0 Å². The van der Waals surface area contributed by atoms with Crippen molar-refractivity contribution < 1.29 is 4.79 Å². The van der Waals surface area contributed by atoms with Gasteiger partial charge in [0.05, 0.1) is 11.8 Å². The van der Waals surface area contributed by atoms with Crippen molar-refractivity contribution in [3.63, 3.8) is 0 Å². The van der Waals surface area contributed by atoms with Crippen LogP contribution in [0.5, 0.6) is 0 Å². The lowest BCUT2D eigenvalue weighted by Gasteiger charge is -2.07. The van der Waals surface area contributed by atoms with Crippen molar-refractivity contribution in [2.24, 2.45) is 5.73 Å². The number of carbonyl (C=O) groups is 1. The maximum atomic E-state index is 11.4. The van der Waals surface area contributed by atoms with Gasteiger partial charge in [-0.05, 0) is 18.6 Å². The summed E-state index contributed by atoms with van der Waals surface area (Å²) in [5.41, 5.74) is 11.9. The van der Waals surface area contributed by atoms with Gasteiger partial charge in [0.25, 0.3) is 5.91 Å². The molecule has 2 aromatic heterocycles. The fourth-order valence-electron chi connectivity index (χ4n) is 1.50. The number of hydrogen-bond acceptors (Lipinski definition) is 4. The molecule has 0 spiro atoms. The predicted molar refractivity (Wildman–Crippen MR) is 64.0 cm³/mol. The monoisotopic (exact) mass is 251 g/mol. The number of pyridine rings is 1. The second-order valence-electron chi connectivity index (χ2n) is 3.50. The Hall–Kier alpha value is -2.08. The van der Waals surface area contributed by atoms with E-state index in [2.05, 4.69) is 10.1 Å². The Morgan fingerprint density at radius 2 is 2.24 bits per heavy atom. The molecule has 0 aromatic carbocycles. The molecule has 0 fully saturated rings. The number of nitrogen functional groups attached to an aromatic ring is 1. The first kappa shape index (κ1) is 11.4. The molecule has 88 valence electrons. The van der Waals surface area contributed by atoms with E-state index < -0.39 is 5.91 Å². The lowest BCUT2D eigenvalue weighted by atomic mass is 10.1. The molecule has 2 aromatic rings. The molecule has 17 heavy (non-hydrogen) atoms. The predicted octanol–water partition coefficient (Wildman–Crippen LogP) is 0.910. The van der Waals surface area contributed by atoms with E-state index >= 15 is 0 Å².